The van der Waals surface area contributed by atoms with E-state index in [1.54, 1.807) is 31.2 Å². The number of aromatic nitrogens is 2. The van der Waals surface area contributed by atoms with Gasteiger partial charge in [-0.2, -0.15) is 18.4 Å². The second-order valence-corrected chi connectivity index (χ2v) is 8.71. The SMILES string of the molecule is COC[C@H](C)OC(=O)[C@@H](C#N)c1nc2ccccc2nc1N1CCN(c2cccc(C(F)(F)F)c2)CC1. The molecular weight excluding hydrogens is 487 g/mol. The average molecular weight is 514 g/mol. The minimum atomic E-state index is -4.42. The highest BCUT2D eigenvalue weighted by Crippen LogP contribution is 2.33. The molecule has 0 bridgehead atoms. The number of para-hydroxylation sites is 2. The van der Waals surface area contributed by atoms with Crippen LogP contribution in [0.15, 0.2) is 48.5 Å². The Labute approximate surface area is 212 Å². The van der Waals surface area contributed by atoms with Gasteiger partial charge in [0.05, 0.1) is 29.3 Å². The molecule has 1 aliphatic rings. The molecule has 3 aromatic rings. The van der Waals surface area contributed by atoms with Crippen LogP contribution in [0.4, 0.5) is 24.7 Å². The first kappa shape index (κ1) is 26.2. The number of hydrogen-bond acceptors (Lipinski definition) is 8. The second-order valence-electron chi connectivity index (χ2n) is 8.71. The number of piperazine rings is 1. The van der Waals surface area contributed by atoms with Crippen molar-refractivity contribution in [2.45, 2.75) is 25.1 Å². The van der Waals surface area contributed by atoms with Crippen LogP contribution >= 0.6 is 0 Å². The molecule has 0 unspecified atom stereocenters. The molecule has 0 spiro atoms. The van der Waals surface area contributed by atoms with Crippen molar-refractivity contribution in [3.8, 4) is 6.07 Å². The number of hydrogen-bond donors (Lipinski definition) is 0. The fourth-order valence-electron chi connectivity index (χ4n) is 4.25. The summed E-state index contributed by atoms with van der Waals surface area (Å²) in [6, 6.07) is 14.4. The molecule has 1 saturated heterocycles. The highest BCUT2D eigenvalue weighted by Gasteiger charge is 2.33. The Balaban J connectivity index is 1.61. The highest BCUT2D eigenvalue weighted by molar-refractivity contribution is 5.85. The minimum absolute atomic E-state index is 0.178. The third-order valence-corrected chi connectivity index (χ3v) is 6.05. The first-order valence-corrected chi connectivity index (χ1v) is 11.7. The Morgan fingerprint density at radius 1 is 1.05 bits per heavy atom. The number of nitriles is 1. The van der Waals surface area contributed by atoms with E-state index in [0.29, 0.717) is 48.7 Å². The van der Waals surface area contributed by atoms with Crippen molar-refractivity contribution >= 4 is 28.5 Å². The van der Waals surface area contributed by atoms with Gasteiger partial charge in [0.25, 0.3) is 0 Å². The van der Waals surface area contributed by atoms with Crippen LogP contribution in [0.25, 0.3) is 11.0 Å². The summed E-state index contributed by atoms with van der Waals surface area (Å²) in [5.74, 6) is -1.68. The molecule has 2 atom stereocenters. The summed E-state index contributed by atoms with van der Waals surface area (Å²) in [5, 5.41) is 9.90. The molecule has 8 nitrogen and oxygen atoms in total. The molecule has 11 heteroatoms. The van der Waals surface area contributed by atoms with Gasteiger partial charge in [0.15, 0.2) is 11.7 Å². The zero-order valence-electron chi connectivity index (χ0n) is 20.4. The molecule has 2 aromatic carbocycles. The molecule has 2 heterocycles. The number of methoxy groups -OCH3 is 1. The number of carbonyl (C=O) groups excluding carboxylic acids is 1. The second kappa shape index (κ2) is 11.0. The summed E-state index contributed by atoms with van der Waals surface area (Å²) in [6.45, 7) is 3.49. The van der Waals surface area contributed by atoms with E-state index in [2.05, 4.69) is 4.98 Å². The summed E-state index contributed by atoms with van der Waals surface area (Å²) in [4.78, 5) is 26.0. The lowest BCUT2D eigenvalue weighted by Gasteiger charge is -2.37. The number of alkyl halides is 3. The lowest BCUT2D eigenvalue weighted by molar-refractivity contribution is -0.151. The van der Waals surface area contributed by atoms with Crippen LogP contribution in [0, 0.1) is 11.3 Å². The van der Waals surface area contributed by atoms with Crippen molar-refractivity contribution in [1.29, 1.82) is 5.26 Å². The van der Waals surface area contributed by atoms with Crippen molar-refractivity contribution in [2.24, 2.45) is 0 Å². The van der Waals surface area contributed by atoms with Crippen LogP contribution in [-0.2, 0) is 20.4 Å². The Hall–Kier alpha value is -3.91. The van der Waals surface area contributed by atoms with Crippen molar-refractivity contribution in [2.75, 3.05) is 49.7 Å². The number of fused-ring (bicyclic) bond motifs is 1. The van der Waals surface area contributed by atoms with E-state index < -0.39 is 29.7 Å². The average Bonchev–Trinajstić information content (AvgIpc) is 2.88. The maximum Gasteiger partial charge on any atom is 0.416 e. The lowest BCUT2D eigenvalue weighted by atomic mass is 10.1. The fourth-order valence-corrected chi connectivity index (χ4v) is 4.25. The van der Waals surface area contributed by atoms with Crippen LogP contribution in [0.2, 0.25) is 0 Å². The summed E-state index contributed by atoms with van der Waals surface area (Å²) >= 11 is 0. The highest BCUT2D eigenvalue weighted by atomic mass is 19.4. The van der Waals surface area contributed by atoms with Crippen LogP contribution < -0.4 is 9.80 Å². The quantitative estimate of drug-likeness (QED) is 0.435. The van der Waals surface area contributed by atoms with E-state index in [1.807, 2.05) is 21.9 Å². The summed E-state index contributed by atoms with van der Waals surface area (Å²) < 4.78 is 49.9. The number of anilines is 2. The largest absolute Gasteiger partial charge is 0.459 e. The Bertz CT molecular complexity index is 1300. The number of ether oxygens (including phenoxy) is 2. The molecule has 0 amide bonds. The number of halogens is 3. The molecule has 1 aliphatic heterocycles. The van der Waals surface area contributed by atoms with E-state index in [1.165, 1.54) is 13.2 Å². The minimum Gasteiger partial charge on any atom is -0.459 e. The van der Waals surface area contributed by atoms with E-state index >= 15 is 0 Å². The number of esters is 1. The van der Waals surface area contributed by atoms with Gasteiger partial charge in [-0.1, -0.05) is 18.2 Å². The summed E-state index contributed by atoms with van der Waals surface area (Å²) in [7, 11) is 1.48. The molecule has 0 aliphatic carbocycles. The Morgan fingerprint density at radius 2 is 1.70 bits per heavy atom. The Kier molecular flexibility index (Phi) is 7.78. The predicted octanol–water partition coefficient (Wildman–Crippen LogP) is 4.16. The standard InChI is InChI=1S/C26H26F3N5O3/c1-17(16-36-2)37-25(35)20(15-30)23-24(32-22-9-4-3-8-21(22)31-23)34-12-10-33(11-13-34)19-7-5-6-18(14-19)26(27,28)29/h3-9,14,17,20H,10-13,16H2,1-2H3/t17-,20-/m0/s1. The van der Waals surface area contributed by atoms with Crippen molar-refractivity contribution < 1.29 is 27.4 Å². The topological polar surface area (TPSA) is 91.6 Å². The van der Waals surface area contributed by atoms with Gasteiger partial charge in [-0.15, -0.1) is 0 Å². The van der Waals surface area contributed by atoms with Crippen LogP contribution in [0.5, 0.6) is 0 Å². The van der Waals surface area contributed by atoms with Crippen molar-refractivity contribution in [3.63, 3.8) is 0 Å². The molecule has 0 saturated carbocycles. The third-order valence-electron chi connectivity index (χ3n) is 6.05. The van der Waals surface area contributed by atoms with Crippen molar-refractivity contribution in [3.05, 3.63) is 59.8 Å². The molecule has 37 heavy (non-hydrogen) atoms. The maximum atomic E-state index is 13.2. The molecule has 1 aromatic heterocycles. The maximum absolute atomic E-state index is 13.2. The third kappa shape index (κ3) is 5.91. The molecule has 4 rings (SSSR count). The summed E-state index contributed by atoms with van der Waals surface area (Å²) in [5.41, 5.74) is 1.09. The van der Waals surface area contributed by atoms with Gasteiger partial charge in [-0.05, 0) is 37.3 Å². The summed E-state index contributed by atoms with van der Waals surface area (Å²) in [6.07, 6.45) is -4.98. The first-order chi connectivity index (χ1) is 17.7. The van der Waals surface area contributed by atoms with E-state index in [9.17, 15) is 23.2 Å². The van der Waals surface area contributed by atoms with Crippen LogP contribution in [-0.4, -0.2) is 61.9 Å². The van der Waals surface area contributed by atoms with E-state index in [0.717, 1.165) is 12.1 Å². The van der Waals surface area contributed by atoms with Gasteiger partial charge in [-0.3, -0.25) is 4.79 Å². The lowest BCUT2D eigenvalue weighted by Crippen LogP contribution is -2.47. The number of carbonyl (C=O) groups is 1. The zero-order valence-corrected chi connectivity index (χ0v) is 20.4. The monoisotopic (exact) mass is 513 g/mol. The predicted molar refractivity (Wildman–Crippen MR) is 131 cm³/mol. The van der Waals surface area contributed by atoms with Gasteiger partial charge >= 0.3 is 12.1 Å². The molecule has 1 fully saturated rings. The molecule has 0 radical (unpaired) electrons. The van der Waals surface area contributed by atoms with Crippen molar-refractivity contribution in [1.82, 2.24) is 9.97 Å². The fraction of sp³-hybridized carbons (Fsp3) is 0.385. The Morgan fingerprint density at radius 3 is 2.32 bits per heavy atom. The van der Waals surface area contributed by atoms with Crippen LogP contribution in [0.1, 0.15) is 24.1 Å². The van der Waals surface area contributed by atoms with Gasteiger partial charge in [0.1, 0.15) is 11.8 Å². The van der Waals surface area contributed by atoms with Gasteiger partial charge in [0.2, 0.25) is 0 Å². The molecule has 0 N–H and O–H groups in total. The van der Waals surface area contributed by atoms with E-state index in [-0.39, 0.29) is 12.3 Å². The number of nitrogens with zero attached hydrogens (tertiary/aromatic N) is 5. The van der Waals surface area contributed by atoms with Crippen LogP contribution in [0.3, 0.4) is 0 Å². The smallest absolute Gasteiger partial charge is 0.416 e. The van der Waals surface area contributed by atoms with E-state index in [4.69, 9.17) is 14.5 Å². The normalized spacial score (nSPS) is 15.8. The first-order valence-electron chi connectivity index (χ1n) is 11.7. The number of benzene rings is 2. The van der Waals surface area contributed by atoms with Gasteiger partial charge in [0, 0.05) is 39.0 Å². The molecular formula is C26H26F3N5O3. The van der Waals surface area contributed by atoms with Gasteiger partial charge in [-0.25, -0.2) is 9.97 Å². The van der Waals surface area contributed by atoms with Gasteiger partial charge < -0.3 is 19.3 Å². The zero-order chi connectivity index (χ0) is 26.6. The molecule has 194 valence electrons. The number of rotatable bonds is 7.